The van der Waals surface area contributed by atoms with E-state index in [0.717, 1.165) is 12.5 Å². The van der Waals surface area contributed by atoms with Gasteiger partial charge in [-0.2, -0.15) is 0 Å². The summed E-state index contributed by atoms with van der Waals surface area (Å²) in [5.74, 6) is 0.783. The van der Waals surface area contributed by atoms with E-state index in [1.807, 2.05) is 0 Å². The van der Waals surface area contributed by atoms with Gasteiger partial charge in [-0.15, -0.1) is 0 Å². The number of benzene rings is 1. The van der Waals surface area contributed by atoms with Gasteiger partial charge in [0.05, 0.1) is 0 Å². The van der Waals surface area contributed by atoms with Gasteiger partial charge in [-0.05, 0) is 30.9 Å². The second kappa shape index (κ2) is 6.53. The Morgan fingerprint density at radius 2 is 1.63 bits per heavy atom. The molecule has 2 nitrogen and oxygen atoms in total. The van der Waals surface area contributed by atoms with Gasteiger partial charge in [0.2, 0.25) is 0 Å². The van der Waals surface area contributed by atoms with Crippen molar-refractivity contribution in [2.75, 3.05) is 32.7 Å². The highest BCUT2D eigenvalue weighted by atomic mass is 15.3. The third-order valence-electron chi connectivity index (χ3n) is 3.99. The molecule has 106 valence electrons. The molecule has 0 N–H and O–H groups in total. The van der Waals surface area contributed by atoms with Crippen molar-refractivity contribution in [3.63, 3.8) is 0 Å². The first kappa shape index (κ1) is 14.5. The maximum atomic E-state index is 2.60. The van der Waals surface area contributed by atoms with Gasteiger partial charge in [-0.1, -0.05) is 37.6 Å². The van der Waals surface area contributed by atoms with Crippen molar-refractivity contribution >= 4 is 0 Å². The Kier molecular flexibility index (Phi) is 5.00. The van der Waals surface area contributed by atoms with Gasteiger partial charge in [-0.25, -0.2) is 0 Å². The van der Waals surface area contributed by atoms with Crippen molar-refractivity contribution < 1.29 is 0 Å². The Morgan fingerprint density at radius 3 is 2.26 bits per heavy atom. The SMILES string of the molecule is Cc1ccc(C)c(CN2CCN(CC(C)C)CC2)c1. The Balaban J connectivity index is 1.87. The number of piperazine rings is 1. The molecule has 1 aromatic carbocycles. The highest BCUT2D eigenvalue weighted by molar-refractivity contribution is 5.30. The van der Waals surface area contributed by atoms with Gasteiger partial charge in [0, 0.05) is 39.3 Å². The number of nitrogens with zero attached hydrogens (tertiary/aromatic N) is 2. The molecule has 0 aromatic heterocycles. The van der Waals surface area contributed by atoms with E-state index in [1.54, 1.807) is 0 Å². The summed E-state index contributed by atoms with van der Waals surface area (Å²) in [6, 6.07) is 6.80. The van der Waals surface area contributed by atoms with Crippen molar-refractivity contribution in [3.05, 3.63) is 34.9 Å². The molecule has 0 radical (unpaired) electrons. The van der Waals surface area contributed by atoms with Gasteiger partial charge in [0.15, 0.2) is 0 Å². The van der Waals surface area contributed by atoms with Crippen molar-refractivity contribution in [2.45, 2.75) is 34.2 Å². The third kappa shape index (κ3) is 4.32. The molecule has 0 atom stereocenters. The third-order valence-corrected chi connectivity index (χ3v) is 3.99. The summed E-state index contributed by atoms with van der Waals surface area (Å²) in [6.07, 6.45) is 0. The molecule has 1 aliphatic heterocycles. The normalized spacial score (nSPS) is 18.2. The minimum atomic E-state index is 0.783. The minimum absolute atomic E-state index is 0.783. The van der Waals surface area contributed by atoms with Gasteiger partial charge >= 0.3 is 0 Å². The van der Waals surface area contributed by atoms with E-state index in [9.17, 15) is 0 Å². The second-order valence-electron chi connectivity index (χ2n) is 6.40. The minimum Gasteiger partial charge on any atom is -0.301 e. The molecular formula is C17H28N2. The fourth-order valence-corrected chi connectivity index (χ4v) is 2.86. The van der Waals surface area contributed by atoms with Crippen molar-refractivity contribution in [1.29, 1.82) is 0 Å². The molecule has 0 amide bonds. The van der Waals surface area contributed by atoms with Crippen LogP contribution in [0.4, 0.5) is 0 Å². The molecule has 0 unspecified atom stereocenters. The molecule has 2 heteroatoms. The van der Waals surface area contributed by atoms with Crippen molar-refractivity contribution in [2.24, 2.45) is 5.92 Å². The van der Waals surface area contributed by atoms with E-state index in [-0.39, 0.29) is 0 Å². The predicted molar refractivity (Wildman–Crippen MR) is 82.5 cm³/mol. The first-order valence-electron chi connectivity index (χ1n) is 7.55. The summed E-state index contributed by atoms with van der Waals surface area (Å²) in [5, 5.41) is 0. The van der Waals surface area contributed by atoms with E-state index in [1.165, 1.54) is 49.4 Å². The number of aryl methyl sites for hydroxylation is 2. The molecule has 0 spiro atoms. The quantitative estimate of drug-likeness (QED) is 0.821. The van der Waals surface area contributed by atoms with Crippen LogP contribution in [0.2, 0.25) is 0 Å². The summed E-state index contributed by atoms with van der Waals surface area (Å²) >= 11 is 0. The van der Waals surface area contributed by atoms with Crippen LogP contribution in [0.1, 0.15) is 30.5 Å². The lowest BCUT2D eigenvalue weighted by Gasteiger charge is -2.35. The van der Waals surface area contributed by atoms with Crippen LogP contribution in [0.25, 0.3) is 0 Å². The molecule has 0 aliphatic carbocycles. The lowest BCUT2D eigenvalue weighted by molar-refractivity contribution is 0.117. The number of rotatable bonds is 4. The number of hydrogen-bond acceptors (Lipinski definition) is 2. The zero-order chi connectivity index (χ0) is 13.8. The van der Waals surface area contributed by atoms with Crippen LogP contribution in [0, 0.1) is 19.8 Å². The summed E-state index contributed by atoms with van der Waals surface area (Å²) < 4.78 is 0. The molecule has 1 aliphatic rings. The predicted octanol–water partition coefficient (Wildman–Crippen LogP) is 3.08. The maximum absolute atomic E-state index is 2.60. The Hall–Kier alpha value is -0.860. The maximum Gasteiger partial charge on any atom is 0.0237 e. The largest absolute Gasteiger partial charge is 0.301 e. The Bertz CT molecular complexity index is 404. The lowest BCUT2D eigenvalue weighted by Crippen LogP contribution is -2.46. The summed E-state index contributed by atoms with van der Waals surface area (Å²) in [4.78, 5) is 5.20. The molecular weight excluding hydrogens is 232 g/mol. The van der Waals surface area contributed by atoms with E-state index in [2.05, 4.69) is 55.7 Å². The monoisotopic (exact) mass is 260 g/mol. The fourth-order valence-electron chi connectivity index (χ4n) is 2.86. The second-order valence-corrected chi connectivity index (χ2v) is 6.40. The summed E-state index contributed by atoms with van der Waals surface area (Å²) in [7, 11) is 0. The van der Waals surface area contributed by atoms with Gasteiger partial charge in [-0.3, -0.25) is 4.90 Å². The Labute approximate surface area is 118 Å². The van der Waals surface area contributed by atoms with Crippen molar-refractivity contribution in [1.82, 2.24) is 9.80 Å². The van der Waals surface area contributed by atoms with Crippen LogP contribution >= 0.6 is 0 Å². The standard InChI is InChI=1S/C17H28N2/c1-14(2)12-18-7-9-19(10-8-18)13-17-11-15(3)5-6-16(17)4/h5-6,11,14H,7-10,12-13H2,1-4H3. The molecule has 0 saturated carbocycles. The van der Waals surface area contributed by atoms with Crippen LogP contribution < -0.4 is 0 Å². The highest BCUT2D eigenvalue weighted by Gasteiger charge is 2.17. The average molecular weight is 260 g/mol. The zero-order valence-electron chi connectivity index (χ0n) is 12.9. The molecule has 2 rings (SSSR count). The molecule has 1 saturated heterocycles. The number of hydrogen-bond donors (Lipinski definition) is 0. The van der Waals surface area contributed by atoms with E-state index < -0.39 is 0 Å². The Morgan fingerprint density at radius 1 is 1.00 bits per heavy atom. The molecule has 0 bridgehead atoms. The lowest BCUT2D eigenvalue weighted by atomic mass is 10.0. The van der Waals surface area contributed by atoms with Crippen LogP contribution in [0.5, 0.6) is 0 Å². The van der Waals surface area contributed by atoms with Gasteiger partial charge in [0.1, 0.15) is 0 Å². The van der Waals surface area contributed by atoms with Crippen LogP contribution in [-0.2, 0) is 6.54 Å². The van der Waals surface area contributed by atoms with Gasteiger partial charge in [0.25, 0.3) is 0 Å². The van der Waals surface area contributed by atoms with Crippen LogP contribution in [-0.4, -0.2) is 42.5 Å². The first-order valence-corrected chi connectivity index (χ1v) is 7.55. The first-order chi connectivity index (χ1) is 9.04. The fraction of sp³-hybridized carbons (Fsp3) is 0.647. The topological polar surface area (TPSA) is 6.48 Å². The summed E-state index contributed by atoms with van der Waals surface area (Å²) in [6.45, 7) is 16.3. The van der Waals surface area contributed by atoms with Crippen molar-refractivity contribution in [3.8, 4) is 0 Å². The van der Waals surface area contributed by atoms with E-state index >= 15 is 0 Å². The van der Waals surface area contributed by atoms with E-state index in [4.69, 9.17) is 0 Å². The average Bonchev–Trinajstić information content (AvgIpc) is 2.35. The van der Waals surface area contributed by atoms with Gasteiger partial charge < -0.3 is 4.90 Å². The van der Waals surface area contributed by atoms with Crippen LogP contribution in [0.15, 0.2) is 18.2 Å². The molecule has 1 heterocycles. The zero-order valence-corrected chi connectivity index (χ0v) is 12.9. The molecule has 1 fully saturated rings. The summed E-state index contributed by atoms with van der Waals surface area (Å²) in [5.41, 5.74) is 4.30. The van der Waals surface area contributed by atoms with E-state index in [0.29, 0.717) is 0 Å². The van der Waals surface area contributed by atoms with Crippen LogP contribution in [0.3, 0.4) is 0 Å². The molecule has 19 heavy (non-hydrogen) atoms. The molecule has 1 aromatic rings. The highest BCUT2D eigenvalue weighted by Crippen LogP contribution is 2.15. The smallest absolute Gasteiger partial charge is 0.0237 e.